The van der Waals surface area contributed by atoms with Crippen LogP contribution in [0.3, 0.4) is 0 Å². The van der Waals surface area contributed by atoms with Crippen LogP contribution in [-0.2, 0) is 22.4 Å². The Morgan fingerprint density at radius 3 is 2.79 bits per heavy atom. The Hall–Kier alpha value is -2.78. The summed E-state index contributed by atoms with van der Waals surface area (Å²) in [5.41, 5.74) is 3.37. The molecule has 0 saturated carbocycles. The van der Waals surface area contributed by atoms with Crippen molar-refractivity contribution in [3.05, 3.63) is 41.3 Å². The molecule has 0 bridgehead atoms. The molecule has 34 heavy (non-hydrogen) atoms. The van der Waals surface area contributed by atoms with Crippen molar-refractivity contribution in [2.45, 2.75) is 64.5 Å². The third kappa shape index (κ3) is 8.22. The molecule has 3 rings (SSSR count). The first-order valence-electron chi connectivity index (χ1n) is 12.2. The number of aryl methyl sites for hydroxylation is 3. The van der Waals surface area contributed by atoms with E-state index in [4.69, 9.17) is 9.72 Å². The standard InChI is InChI=1S/C25H38N6O3/c1-18-15-27-25(28-16-18)30-22(24(32)33)11-14-31(17-19(2)34-3)13-5-4-8-21-10-9-20-7-6-12-26-23(20)29-21/h9-10,15-16,19,22H,4-8,11-14,17H2,1-3H3,(H,26,29)(H,32,33)(H,27,28,30). The molecule has 2 aromatic rings. The number of nitrogens with one attached hydrogen (secondary N) is 2. The number of aliphatic carboxylic acids is 1. The van der Waals surface area contributed by atoms with Gasteiger partial charge < -0.3 is 25.4 Å². The molecule has 0 aromatic carbocycles. The molecule has 3 N–H and O–H groups in total. The van der Waals surface area contributed by atoms with Crippen LogP contribution in [0.15, 0.2) is 24.5 Å². The maximum atomic E-state index is 11.8. The number of hydrogen-bond acceptors (Lipinski definition) is 8. The number of anilines is 2. The van der Waals surface area contributed by atoms with Crippen molar-refractivity contribution in [1.29, 1.82) is 0 Å². The van der Waals surface area contributed by atoms with E-state index in [-0.39, 0.29) is 6.10 Å². The van der Waals surface area contributed by atoms with Gasteiger partial charge in [0.1, 0.15) is 11.9 Å². The second kappa shape index (κ2) is 13.2. The van der Waals surface area contributed by atoms with E-state index in [2.05, 4.69) is 37.6 Å². The molecule has 2 aromatic heterocycles. The molecule has 0 spiro atoms. The van der Waals surface area contributed by atoms with Crippen molar-refractivity contribution < 1.29 is 14.6 Å². The van der Waals surface area contributed by atoms with Gasteiger partial charge in [-0.25, -0.2) is 19.7 Å². The quantitative estimate of drug-likeness (QED) is 0.358. The molecule has 0 radical (unpaired) electrons. The highest BCUT2D eigenvalue weighted by molar-refractivity contribution is 5.76. The van der Waals surface area contributed by atoms with Crippen molar-refractivity contribution >= 4 is 17.7 Å². The fraction of sp³-hybridized carbons (Fsp3) is 0.600. The van der Waals surface area contributed by atoms with Crippen LogP contribution in [0.2, 0.25) is 0 Å². The lowest BCUT2D eigenvalue weighted by Gasteiger charge is -2.26. The Morgan fingerprint density at radius 1 is 1.26 bits per heavy atom. The third-order valence-corrected chi connectivity index (χ3v) is 6.14. The lowest BCUT2D eigenvalue weighted by atomic mass is 10.1. The van der Waals surface area contributed by atoms with Crippen LogP contribution >= 0.6 is 0 Å². The van der Waals surface area contributed by atoms with Gasteiger partial charge in [0, 0.05) is 44.8 Å². The molecular formula is C25H38N6O3. The molecular weight excluding hydrogens is 432 g/mol. The maximum absolute atomic E-state index is 11.8. The van der Waals surface area contributed by atoms with E-state index < -0.39 is 12.0 Å². The highest BCUT2D eigenvalue weighted by atomic mass is 16.5. The summed E-state index contributed by atoms with van der Waals surface area (Å²) < 4.78 is 5.46. The molecule has 0 fully saturated rings. The molecule has 2 unspecified atom stereocenters. The second-order valence-electron chi connectivity index (χ2n) is 9.05. The van der Waals surface area contributed by atoms with E-state index in [1.165, 1.54) is 12.0 Å². The lowest BCUT2D eigenvalue weighted by molar-refractivity contribution is -0.138. The van der Waals surface area contributed by atoms with Gasteiger partial charge in [-0.3, -0.25) is 0 Å². The normalized spacial score (nSPS) is 14.8. The number of methoxy groups -OCH3 is 1. The Balaban J connectivity index is 1.49. The van der Waals surface area contributed by atoms with Gasteiger partial charge in [-0.2, -0.15) is 0 Å². The van der Waals surface area contributed by atoms with Crippen molar-refractivity contribution in [1.82, 2.24) is 19.9 Å². The smallest absolute Gasteiger partial charge is 0.326 e. The van der Waals surface area contributed by atoms with Crippen molar-refractivity contribution in [2.75, 3.05) is 43.9 Å². The molecule has 1 aliphatic rings. The average Bonchev–Trinajstić information content (AvgIpc) is 2.84. The number of carboxylic acid groups (broad SMARTS) is 1. The predicted octanol–water partition coefficient (Wildman–Crippen LogP) is 3.15. The highest BCUT2D eigenvalue weighted by Crippen LogP contribution is 2.20. The number of pyridine rings is 1. The van der Waals surface area contributed by atoms with Gasteiger partial charge in [0.2, 0.25) is 5.95 Å². The van der Waals surface area contributed by atoms with Crippen LogP contribution in [0.25, 0.3) is 0 Å². The third-order valence-electron chi connectivity index (χ3n) is 6.14. The van der Waals surface area contributed by atoms with Crippen molar-refractivity contribution in [3.8, 4) is 0 Å². The van der Waals surface area contributed by atoms with Gasteiger partial charge in [-0.15, -0.1) is 0 Å². The van der Waals surface area contributed by atoms with Crippen molar-refractivity contribution in [2.24, 2.45) is 0 Å². The van der Waals surface area contributed by atoms with E-state index in [1.807, 2.05) is 13.8 Å². The van der Waals surface area contributed by atoms with Crippen LogP contribution in [0.4, 0.5) is 11.8 Å². The van der Waals surface area contributed by atoms with E-state index in [0.29, 0.717) is 18.9 Å². The molecule has 1 aliphatic heterocycles. The average molecular weight is 471 g/mol. The summed E-state index contributed by atoms with van der Waals surface area (Å²) in [6, 6.07) is 3.59. The first-order chi connectivity index (χ1) is 16.4. The van der Waals surface area contributed by atoms with Crippen LogP contribution < -0.4 is 10.6 Å². The molecule has 0 aliphatic carbocycles. The summed E-state index contributed by atoms with van der Waals surface area (Å²) in [5, 5.41) is 16.0. The number of carbonyl (C=O) groups is 1. The first kappa shape index (κ1) is 25.8. The minimum atomic E-state index is -0.906. The summed E-state index contributed by atoms with van der Waals surface area (Å²) >= 11 is 0. The number of carboxylic acids is 1. The Kier molecular flexibility index (Phi) is 10.0. The zero-order valence-electron chi connectivity index (χ0n) is 20.6. The number of aromatic nitrogens is 3. The van der Waals surface area contributed by atoms with Gasteiger partial charge in [-0.1, -0.05) is 6.07 Å². The Morgan fingerprint density at radius 2 is 2.06 bits per heavy atom. The highest BCUT2D eigenvalue weighted by Gasteiger charge is 2.20. The lowest BCUT2D eigenvalue weighted by Crippen LogP contribution is -2.38. The summed E-state index contributed by atoms with van der Waals surface area (Å²) in [7, 11) is 1.70. The summed E-state index contributed by atoms with van der Waals surface area (Å²) in [6.45, 7) is 7.20. The van der Waals surface area contributed by atoms with E-state index in [1.54, 1.807) is 19.5 Å². The van der Waals surface area contributed by atoms with Crippen LogP contribution in [0, 0.1) is 6.92 Å². The van der Waals surface area contributed by atoms with Gasteiger partial charge in [0.05, 0.1) is 6.10 Å². The molecule has 186 valence electrons. The molecule has 3 heterocycles. The van der Waals surface area contributed by atoms with E-state index in [9.17, 15) is 9.90 Å². The zero-order valence-corrected chi connectivity index (χ0v) is 20.6. The molecule has 9 nitrogen and oxygen atoms in total. The second-order valence-corrected chi connectivity index (χ2v) is 9.05. The zero-order chi connectivity index (χ0) is 24.3. The topological polar surface area (TPSA) is 113 Å². The fourth-order valence-electron chi connectivity index (χ4n) is 4.07. The molecule has 0 amide bonds. The number of ether oxygens (including phenoxy) is 1. The number of fused-ring (bicyclic) bond motifs is 1. The van der Waals surface area contributed by atoms with Crippen LogP contribution in [-0.4, -0.2) is 76.4 Å². The number of nitrogens with zero attached hydrogens (tertiary/aromatic N) is 4. The monoisotopic (exact) mass is 470 g/mol. The van der Waals surface area contributed by atoms with Crippen LogP contribution in [0.5, 0.6) is 0 Å². The van der Waals surface area contributed by atoms with Gasteiger partial charge in [0.25, 0.3) is 0 Å². The van der Waals surface area contributed by atoms with Gasteiger partial charge in [0.15, 0.2) is 0 Å². The largest absolute Gasteiger partial charge is 0.480 e. The first-order valence-corrected chi connectivity index (χ1v) is 12.2. The summed E-state index contributed by atoms with van der Waals surface area (Å²) in [6.07, 6.45) is 9.11. The van der Waals surface area contributed by atoms with E-state index >= 15 is 0 Å². The predicted molar refractivity (Wildman–Crippen MR) is 133 cm³/mol. The minimum Gasteiger partial charge on any atom is -0.480 e. The fourth-order valence-corrected chi connectivity index (χ4v) is 4.07. The SMILES string of the molecule is COC(C)CN(CCCCc1ccc2c(n1)NCCC2)CCC(Nc1ncc(C)cn1)C(=O)O. The molecule has 2 atom stereocenters. The van der Waals surface area contributed by atoms with Crippen molar-refractivity contribution in [3.63, 3.8) is 0 Å². The summed E-state index contributed by atoms with van der Waals surface area (Å²) in [5.74, 6) is 0.474. The minimum absolute atomic E-state index is 0.0741. The van der Waals surface area contributed by atoms with Gasteiger partial charge >= 0.3 is 5.97 Å². The van der Waals surface area contributed by atoms with E-state index in [0.717, 1.165) is 62.4 Å². The van der Waals surface area contributed by atoms with Crippen LogP contribution in [0.1, 0.15) is 49.4 Å². The Bertz CT molecular complexity index is 908. The van der Waals surface area contributed by atoms with Gasteiger partial charge in [-0.05, 0) is 76.1 Å². The molecule has 9 heteroatoms. The maximum Gasteiger partial charge on any atom is 0.326 e. The number of hydrogen-bond donors (Lipinski definition) is 3. The Labute approximate surface area is 202 Å². The summed E-state index contributed by atoms with van der Waals surface area (Å²) in [4.78, 5) is 27.2. The number of unbranched alkanes of at least 4 members (excludes halogenated alkanes) is 1. The molecule has 0 saturated heterocycles. The number of rotatable bonds is 14.